The van der Waals surface area contributed by atoms with Gasteiger partial charge in [0.1, 0.15) is 36.8 Å². The maximum absolute atomic E-state index is 12.7. The third-order valence-corrected chi connectivity index (χ3v) is 9.50. The van der Waals surface area contributed by atoms with Crippen LogP contribution in [0.3, 0.4) is 0 Å². The van der Waals surface area contributed by atoms with E-state index in [9.17, 15) is 37.9 Å². The first-order valence-corrected chi connectivity index (χ1v) is 21.0. The Hall–Kier alpha value is -1.87. The average molecular weight is 749 g/mol. The van der Waals surface area contributed by atoms with Crippen molar-refractivity contribution in [1.82, 2.24) is 0 Å². The van der Waals surface area contributed by atoms with Crippen LogP contribution in [0.25, 0.3) is 0 Å². The molecule has 298 valence electrons. The molecule has 0 aromatic carbocycles. The number of carbonyl (C=O) groups is 2. The van der Waals surface area contributed by atoms with Crippen LogP contribution >= 0.6 is 0 Å². The van der Waals surface area contributed by atoms with Gasteiger partial charge in [-0.25, -0.2) is 0 Å². The quantitative estimate of drug-likeness (QED) is 0.0262. The van der Waals surface area contributed by atoms with Crippen molar-refractivity contribution in [1.29, 1.82) is 0 Å². The van der Waals surface area contributed by atoms with E-state index in [1.165, 1.54) is 32.1 Å². The summed E-state index contributed by atoms with van der Waals surface area (Å²) >= 11 is 0. The zero-order valence-corrected chi connectivity index (χ0v) is 32.0. The van der Waals surface area contributed by atoms with Crippen LogP contribution in [-0.2, 0) is 38.7 Å². The standard InChI is InChI=1S/C38H68O12S/c1-3-5-7-9-11-13-15-17-18-20-22-24-26-33(39)47-28-31(49-34(40)27-25-23-21-19-16-14-12-10-8-6-4-2)29-48-38-37(43)36(42)35(41)32(50-38)30-51(44,45)46/h10-13,31-32,35-38,41-43H,3-9,14-30H2,1-2H3,(H,44,45,46)/b12-10+,13-11+/t31-,32-,35-,36?,37?,38+/m1/s1. The van der Waals surface area contributed by atoms with Gasteiger partial charge in [-0.05, 0) is 57.8 Å². The van der Waals surface area contributed by atoms with Gasteiger partial charge in [0.2, 0.25) is 0 Å². The topological polar surface area (TPSA) is 186 Å². The molecule has 2 unspecified atom stereocenters. The Balaban J connectivity index is 2.54. The molecule has 0 saturated carbocycles. The molecule has 0 amide bonds. The van der Waals surface area contributed by atoms with Gasteiger partial charge in [-0.3, -0.25) is 14.1 Å². The molecule has 1 rings (SSSR count). The highest BCUT2D eigenvalue weighted by Gasteiger charge is 2.46. The lowest BCUT2D eigenvalue weighted by atomic mass is 10.00. The number of aliphatic hydroxyl groups excluding tert-OH is 3. The largest absolute Gasteiger partial charge is 0.462 e. The highest BCUT2D eigenvalue weighted by atomic mass is 32.2. The van der Waals surface area contributed by atoms with Gasteiger partial charge in [0.05, 0.1) is 6.61 Å². The smallest absolute Gasteiger partial charge is 0.306 e. The van der Waals surface area contributed by atoms with E-state index in [4.69, 9.17) is 18.9 Å². The van der Waals surface area contributed by atoms with Gasteiger partial charge in [-0.2, -0.15) is 8.42 Å². The third-order valence-electron chi connectivity index (χ3n) is 8.75. The molecule has 51 heavy (non-hydrogen) atoms. The van der Waals surface area contributed by atoms with Crippen LogP contribution in [0.1, 0.15) is 149 Å². The van der Waals surface area contributed by atoms with E-state index in [-0.39, 0.29) is 19.4 Å². The molecule has 0 spiro atoms. The Labute approximate surface area is 307 Å². The second kappa shape index (κ2) is 29.6. The van der Waals surface area contributed by atoms with Crippen molar-refractivity contribution < 1.29 is 56.8 Å². The summed E-state index contributed by atoms with van der Waals surface area (Å²) in [6, 6.07) is 0. The minimum atomic E-state index is -4.60. The number of allylic oxidation sites excluding steroid dienone is 4. The van der Waals surface area contributed by atoms with E-state index in [2.05, 4.69) is 38.2 Å². The Bertz CT molecular complexity index is 1060. The van der Waals surface area contributed by atoms with Crippen LogP contribution in [0, 0.1) is 0 Å². The van der Waals surface area contributed by atoms with Crippen LogP contribution in [0.4, 0.5) is 0 Å². The fourth-order valence-electron chi connectivity index (χ4n) is 5.65. The van der Waals surface area contributed by atoms with Gasteiger partial charge >= 0.3 is 11.9 Å². The van der Waals surface area contributed by atoms with Gasteiger partial charge in [-0.15, -0.1) is 0 Å². The second-order valence-corrected chi connectivity index (χ2v) is 15.1. The zero-order valence-electron chi connectivity index (χ0n) is 31.2. The molecule has 12 nitrogen and oxygen atoms in total. The van der Waals surface area contributed by atoms with E-state index >= 15 is 0 Å². The van der Waals surface area contributed by atoms with Crippen LogP contribution in [0.5, 0.6) is 0 Å². The zero-order chi connectivity index (χ0) is 37.7. The average Bonchev–Trinajstić information content (AvgIpc) is 3.09. The predicted octanol–water partition coefficient (Wildman–Crippen LogP) is 6.50. The molecule has 1 saturated heterocycles. The maximum Gasteiger partial charge on any atom is 0.306 e. The summed E-state index contributed by atoms with van der Waals surface area (Å²) in [7, 11) is -4.60. The summed E-state index contributed by atoms with van der Waals surface area (Å²) in [5.74, 6) is -2.01. The minimum absolute atomic E-state index is 0.153. The third kappa shape index (κ3) is 24.9. The van der Waals surface area contributed by atoms with Gasteiger partial charge in [-0.1, -0.05) is 102 Å². The summed E-state index contributed by atoms with van der Waals surface area (Å²) < 4.78 is 53.7. The SMILES string of the molecule is CCCC/C=C/CCCCCCCC(=O)O[C@H](COC(=O)CCCCCCC/C=C/CCCCC)CO[C@H]1O[C@H](CS(=O)(=O)O)[C@@H](O)C(O)C1O. The summed E-state index contributed by atoms with van der Waals surface area (Å²) in [5.41, 5.74) is 0. The minimum Gasteiger partial charge on any atom is -0.462 e. The first-order chi connectivity index (χ1) is 24.5. The van der Waals surface area contributed by atoms with E-state index in [0.29, 0.717) is 12.8 Å². The lowest BCUT2D eigenvalue weighted by Crippen LogP contribution is -2.60. The first kappa shape index (κ1) is 47.2. The normalized spacial score (nSPS) is 21.7. The summed E-state index contributed by atoms with van der Waals surface area (Å²) in [5, 5.41) is 30.7. The van der Waals surface area contributed by atoms with Gasteiger partial charge in [0.25, 0.3) is 10.1 Å². The highest BCUT2D eigenvalue weighted by Crippen LogP contribution is 2.24. The van der Waals surface area contributed by atoms with E-state index in [1.807, 2.05) is 0 Å². The Morgan fingerprint density at radius 2 is 1.14 bits per heavy atom. The highest BCUT2D eigenvalue weighted by molar-refractivity contribution is 7.85. The summed E-state index contributed by atoms with van der Waals surface area (Å²) in [6.45, 7) is 3.64. The van der Waals surface area contributed by atoms with Gasteiger partial charge in [0, 0.05) is 12.8 Å². The van der Waals surface area contributed by atoms with Crippen molar-refractivity contribution in [2.75, 3.05) is 19.0 Å². The summed E-state index contributed by atoms with van der Waals surface area (Å²) in [4.78, 5) is 25.2. The second-order valence-electron chi connectivity index (χ2n) is 13.6. The summed E-state index contributed by atoms with van der Waals surface area (Å²) in [6.07, 6.45) is 19.6. The number of hydrogen-bond acceptors (Lipinski definition) is 11. The van der Waals surface area contributed by atoms with Gasteiger partial charge < -0.3 is 34.3 Å². The van der Waals surface area contributed by atoms with Crippen LogP contribution in [0.2, 0.25) is 0 Å². The molecule has 0 bridgehead atoms. The molecule has 1 aliphatic rings. The lowest BCUT2D eigenvalue weighted by Gasteiger charge is -2.40. The Morgan fingerprint density at radius 3 is 1.69 bits per heavy atom. The first-order valence-electron chi connectivity index (χ1n) is 19.4. The van der Waals surface area contributed by atoms with Crippen LogP contribution in [0.15, 0.2) is 24.3 Å². The number of rotatable bonds is 31. The monoisotopic (exact) mass is 748 g/mol. The molecular weight excluding hydrogens is 680 g/mol. The molecule has 0 radical (unpaired) electrons. The number of ether oxygens (including phenoxy) is 4. The molecule has 4 N–H and O–H groups in total. The van der Waals surface area contributed by atoms with Crippen molar-refractivity contribution in [2.45, 2.75) is 185 Å². The maximum atomic E-state index is 12.7. The number of unbranched alkanes of at least 4 members (excludes halogenated alkanes) is 15. The van der Waals surface area contributed by atoms with Crippen molar-refractivity contribution in [3.8, 4) is 0 Å². The number of esters is 2. The number of aliphatic hydroxyl groups is 3. The van der Waals surface area contributed by atoms with Crippen molar-refractivity contribution in [2.24, 2.45) is 0 Å². The van der Waals surface area contributed by atoms with Crippen molar-refractivity contribution >= 4 is 22.1 Å². The number of carbonyl (C=O) groups excluding carboxylic acids is 2. The van der Waals surface area contributed by atoms with E-state index in [0.717, 1.165) is 77.0 Å². The molecule has 1 heterocycles. The van der Waals surface area contributed by atoms with E-state index in [1.54, 1.807) is 0 Å². The molecule has 0 aromatic heterocycles. The fourth-order valence-corrected chi connectivity index (χ4v) is 6.34. The molecule has 0 aromatic rings. The number of hydrogen-bond donors (Lipinski definition) is 4. The fraction of sp³-hybridized carbons (Fsp3) is 0.842. The lowest BCUT2D eigenvalue weighted by molar-refractivity contribution is -0.297. The van der Waals surface area contributed by atoms with Gasteiger partial charge in [0.15, 0.2) is 12.4 Å². The molecule has 13 heteroatoms. The molecule has 1 fully saturated rings. The molecule has 1 aliphatic heterocycles. The molecular formula is C38H68O12S. The van der Waals surface area contributed by atoms with Crippen molar-refractivity contribution in [3.63, 3.8) is 0 Å². The Kier molecular flexibility index (Phi) is 27.3. The van der Waals surface area contributed by atoms with Crippen molar-refractivity contribution in [3.05, 3.63) is 24.3 Å². The van der Waals surface area contributed by atoms with E-state index < -0.39 is 71.2 Å². The van der Waals surface area contributed by atoms with Crippen LogP contribution < -0.4 is 0 Å². The molecule has 0 aliphatic carbocycles. The predicted molar refractivity (Wildman–Crippen MR) is 196 cm³/mol. The van der Waals surface area contributed by atoms with Crippen LogP contribution in [-0.4, -0.2) is 96.0 Å². The molecule has 6 atom stereocenters. The Morgan fingerprint density at radius 1 is 0.647 bits per heavy atom.